The van der Waals surface area contributed by atoms with Crippen molar-refractivity contribution < 1.29 is 4.74 Å². The Balaban J connectivity index is 2.71. The lowest BCUT2D eigenvalue weighted by atomic mass is 10.2. The molecule has 3 nitrogen and oxygen atoms in total. The standard InChI is InChI=1S/C14H22BrClN2O/c1-4-18(5-2)6-7-19-14-11(10-17-3)8-12(16)9-13(14)15/h8-9,17H,4-7,10H2,1-3H3. The van der Waals surface area contributed by atoms with Crippen LogP contribution in [0.3, 0.4) is 0 Å². The molecule has 1 aromatic carbocycles. The second-order valence-corrected chi connectivity index (χ2v) is 5.57. The average molecular weight is 350 g/mol. The number of hydrogen-bond donors (Lipinski definition) is 1. The van der Waals surface area contributed by atoms with Gasteiger partial charge in [-0.1, -0.05) is 25.4 Å². The molecule has 0 aromatic heterocycles. The second-order valence-electron chi connectivity index (χ2n) is 4.28. The van der Waals surface area contributed by atoms with E-state index in [1.54, 1.807) is 0 Å². The first-order valence-electron chi connectivity index (χ1n) is 6.60. The van der Waals surface area contributed by atoms with Gasteiger partial charge in [-0.3, -0.25) is 0 Å². The van der Waals surface area contributed by atoms with Crippen molar-refractivity contribution >= 4 is 27.5 Å². The molecule has 0 unspecified atom stereocenters. The normalized spacial score (nSPS) is 11.1. The zero-order valence-corrected chi connectivity index (χ0v) is 14.1. The van der Waals surface area contributed by atoms with Crippen molar-refractivity contribution in [1.29, 1.82) is 0 Å². The molecular formula is C14H22BrClN2O. The summed E-state index contributed by atoms with van der Waals surface area (Å²) >= 11 is 9.58. The highest BCUT2D eigenvalue weighted by molar-refractivity contribution is 9.10. The molecule has 0 radical (unpaired) electrons. The van der Waals surface area contributed by atoms with Crippen LogP contribution in [-0.2, 0) is 6.54 Å². The van der Waals surface area contributed by atoms with Gasteiger partial charge < -0.3 is 15.0 Å². The van der Waals surface area contributed by atoms with Crippen molar-refractivity contribution in [2.45, 2.75) is 20.4 Å². The summed E-state index contributed by atoms with van der Waals surface area (Å²) in [4.78, 5) is 2.33. The Hall–Kier alpha value is -0.290. The van der Waals surface area contributed by atoms with E-state index in [9.17, 15) is 0 Å². The molecule has 0 bridgehead atoms. The predicted molar refractivity (Wildman–Crippen MR) is 85.2 cm³/mol. The maximum Gasteiger partial charge on any atom is 0.138 e. The zero-order chi connectivity index (χ0) is 14.3. The maximum atomic E-state index is 6.07. The highest BCUT2D eigenvalue weighted by Crippen LogP contribution is 2.32. The predicted octanol–water partition coefficient (Wildman–Crippen LogP) is 3.54. The van der Waals surface area contributed by atoms with Crippen molar-refractivity contribution in [3.05, 3.63) is 27.2 Å². The van der Waals surface area contributed by atoms with Crippen LogP contribution in [0.1, 0.15) is 19.4 Å². The fraction of sp³-hybridized carbons (Fsp3) is 0.571. The minimum Gasteiger partial charge on any atom is -0.491 e. The Morgan fingerprint density at radius 1 is 1.32 bits per heavy atom. The van der Waals surface area contributed by atoms with E-state index in [1.165, 1.54) is 0 Å². The first-order chi connectivity index (χ1) is 9.12. The van der Waals surface area contributed by atoms with Gasteiger partial charge in [-0.05, 0) is 48.2 Å². The summed E-state index contributed by atoms with van der Waals surface area (Å²) < 4.78 is 6.83. The van der Waals surface area contributed by atoms with Gasteiger partial charge >= 0.3 is 0 Å². The van der Waals surface area contributed by atoms with E-state index >= 15 is 0 Å². The van der Waals surface area contributed by atoms with E-state index in [4.69, 9.17) is 16.3 Å². The molecule has 0 saturated carbocycles. The largest absolute Gasteiger partial charge is 0.491 e. The van der Waals surface area contributed by atoms with Crippen molar-refractivity contribution in [3.8, 4) is 5.75 Å². The van der Waals surface area contributed by atoms with Crippen LogP contribution < -0.4 is 10.1 Å². The molecule has 19 heavy (non-hydrogen) atoms. The zero-order valence-electron chi connectivity index (χ0n) is 11.8. The third kappa shape index (κ3) is 5.30. The highest BCUT2D eigenvalue weighted by atomic mass is 79.9. The molecule has 0 heterocycles. The Morgan fingerprint density at radius 3 is 2.58 bits per heavy atom. The van der Waals surface area contributed by atoms with Crippen LogP contribution in [0.15, 0.2) is 16.6 Å². The third-order valence-corrected chi connectivity index (χ3v) is 3.81. The lowest BCUT2D eigenvalue weighted by Crippen LogP contribution is -2.28. The van der Waals surface area contributed by atoms with Crippen molar-refractivity contribution in [2.24, 2.45) is 0 Å². The third-order valence-electron chi connectivity index (χ3n) is 3.00. The van der Waals surface area contributed by atoms with Gasteiger partial charge in [-0.25, -0.2) is 0 Å². The van der Waals surface area contributed by atoms with Gasteiger partial charge in [0.25, 0.3) is 0 Å². The summed E-state index contributed by atoms with van der Waals surface area (Å²) in [6, 6.07) is 3.81. The quantitative estimate of drug-likeness (QED) is 0.777. The summed E-state index contributed by atoms with van der Waals surface area (Å²) in [5, 5.41) is 3.85. The molecule has 1 rings (SSSR count). The van der Waals surface area contributed by atoms with Gasteiger partial charge in [0.2, 0.25) is 0 Å². The van der Waals surface area contributed by atoms with Gasteiger partial charge in [0.05, 0.1) is 4.47 Å². The van der Waals surface area contributed by atoms with Crippen molar-refractivity contribution in [1.82, 2.24) is 10.2 Å². The van der Waals surface area contributed by atoms with Crippen LogP contribution in [0.2, 0.25) is 5.02 Å². The van der Waals surface area contributed by atoms with E-state index in [0.717, 1.165) is 42.0 Å². The molecule has 108 valence electrons. The number of likely N-dealkylation sites (N-methyl/N-ethyl adjacent to an activating group) is 1. The lowest BCUT2D eigenvalue weighted by Gasteiger charge is -2.19. The number of rotatable bonds is 8. The molecule has 0 aliphatic carbocycles. The molecule has 0 atom stereocenters. The van der Waals surface area contributed by atoms with Gasteiger partial charge in [0, 0.05) is 23.7 Å². The van der Waals surface area contributed by atoms with Gasteiger partial charge in [0.15, 0.2) is 0 Å². The van der Waals surface area contributed by atoms with Gasteiger partial charge in [0.1, 0.15) is 12.4 Å². The topological polar surface area (TPSA) is 24.5 Å². The smallest absolute Gasteiger partial charge is 0.138 e. The first-order valence-corrected chi connectivity index (χ1v) is 7.77. The van der Waals surface area contributed by atoms with E-state index < -0.39 is 0 Å². The van der Waals surface area contributed by atoms with E-state index in [-0.39, 0.29) is 0 Å². The van der Waals surface area contributed by atoms with E-state index in [0.29, 0.717) is 11.6 Å². The summed E-state index contributed by atoms with van der Waals surface area (Å²) in [7, 11) is 1.91. The van der Waals surface area contributed by atoms with Crippen LogP contribution in [0.4, 0.5) is 0 Å². The van der Waals surface area contributed by atoms with Crippen LogP contribution in [0.5, 0.6) is 5.75 Å². The van der Waals surface area contributed by atoms with E-state index in [2.05, 4.69) is 40.0 Å². The van der Waals surface area contributed by atoms with Crippen molar-refractivity contribution in [2.75, 3.05) is 33.3 Å². The molecule has 0 spiro atoms. The summed E-state index contributed by atoms with van der Waals surface area (Å²) in [5.41, 5.74) is 1.07. The first kappa shape index (κ1) is 16.8. The fourth-order valence-electron chi connectivity index (χ4n) is 1.91. The summed E-state index contributed by atoms with van der Waals surface area (Å²) in [5.74, 6) is 0.880. The monoisotopic (exact) mass is 348 g/mol. The van der Waals surface area contributed by atoms with Crippen LogP contribution in [0.25, 0.3) is 0 Å². The average Bonchev–Trinajstić information content (AvgIpc) is 2.37. The molecule has 0 aliphatic rings. The number of nitrogens with one attached hydrogen (secondary N) is 1. The molecule has 0 amide bonds. The fourth-order valence-corrected chi connectivity index (χ4v) is 2.90. The molecule has 1 N–H and O–H groups in total. The van der Waals surface area contributed by atoms with Crippen molar-refractivity contribution in [3.63, 3.8) is 0 Å². The highest BCUT2D eigenvalue weighted by Gasteiger charge is 2.10. The summed E-state index contributed by atoms with van der Waals surface area (Å²) in [6.07, 6.45) is 0. The summed E-state index contributed by atoms with van der Waals surface area (Å²) in [6.45, 7) is 8.76. The van der Waals surface area contributed by atoms with Gasteiger partial charge in [-0.15, -0.1) is 0 Å². The van der Waals surface area contributed by atoms with Crippen LogP contribution in [0, 0.1) is 0 Å². The number of benzene rings is 1. The maximum absolute atomic E-state index is 6.07. The minimum atomic E-state index is 0.679. The Kier molecular flexibility index (Phi) is 7.76. The second kappa shape index (κ2) is 8.80. The Morgan fingerprint density at radius 2 is 2.00 bits per heavy atom. The van der Waals surface area contributed by atoms with Gasteiger partial charge in [-0.2, -0.15) is 0 Å². The Bertz CT molecular complexity index is 397. The minimum absolute atomic E-state index is 0.679. The molecule has 5 heteroatoms. The lowest BCUT2D eigenvalue weighted by molar-refractivity contribution is 0.220. The molecule has 0 saturated heterocycles. The Labute approximate surface area is 129 Å². The molecule has 0 aliphatic heterocycles. The number of ether oxygens (including phenoxy) is 1. The number of halogens is 2. The SMILES string of the molecule is CCN(CC)CCOc1c(Br)cc(Cl)cc1CNC. The van der Waals surface area contributed by atoms with Crippen LogP contribution >= 0.6 is 27.5 Å². The number of nitrogens with zero attached hydrogens (tertiary/aromatic N) is 1. The van der Waals surface area contributed by atoms with Crippen LogP contribution in [-0.4, -0.2) is 38.2 Å². The van der Waals surface area contributed by atoms with E-state index in [1.807, 2.05) is 19.2 Å². The number of hydrogen-bond acceptors (Lipinski definition) is 3. The molecular weight excluding hydrogens is 328 g/mol. The molecule has 0 fully saturated rings. The molecule has 1 aromatic rings.